The molecule has 4 heteroatoms. The van der Waals surface area contributed by atoms with Gasteiger partial charge >= 0.3 is 5.97 Å². The molecule has 0 saturated heterocycles. The van der Waals surface area contributed by atoms with E-state index in [-0.39, 0.29) is 11.1 Å². The molecule has 2 aromatic rings. The fourth-order valence-electron chi connectivity index (χ4n) is 3.02. The van der Waals surface area contributed by atoms with Gasteiger partial charge in [0.1, 0.15) is 5.52 Å². The standard InChI is InChI=1S/C14H16N2O2/c1-14(7-2-3-8-14)16-9-15-12-10(13(17)18)5-4-6-11(12)16/h4-6,9H,2-3,7-8H2,1H3,(H,17,18). The number of carboxylic acids is 1. The molecule has 0 unspecified atom stereocenters. The van der Waals surface area contributed by atoms with Crippen LogP contribution in [0.4, 0.5) is 0 Å². The first-order chi connectivity index (χ1) is 8.62. The maximum atomic E-state index is 11.2. The Hall–Kier alpha value is -1.84. The average Bonchev–Trinajstić information content (AvgIpc) is 2.94. The number of aromatic carboxylic acids is 1. The lowest BCUT2D eigenvalue weighted by molar-refractivity contribution is 0.0699. The van der Waals surface area contributed by atoms with Crippen LogP contribution in [0.15, 0.2) is 24.5 Å². The summed E-state index contributed by atoms with van der Waals surface area (Å²) in [4.78, 5) is 15.5. The smallest absolute Gasteiger partial charge is 0.337 e. The number of carbonyl (C=O) groups is 1. The molecule has 0 bridgehead atoms. The summed E-state index contributed by atoms with van der Waals surface area (Å²) in [5.41, 5.74) is 1.90. The molecular formula is C14H16N2O2. The molecule has 1 N–H and O–H groups in total. The second-order valence-electron chi connectivity index (χ2n) is 5.30. The van der Waals surface area contributed by atoms with Crippen LogP contribution in [-0.4, -0.2) is 20.6 Å². The lowest BCUT2D eigenvalue weighted by Crippen LogP contribution is -2.25. The van der Waals surface area contributed by atoms with Gasteiger partial charge in [0.15, 0.2) is 0 Å². The fourth-order valence-corrected chi connectivity index (χ4v) is 3.02. The maximum Gasteiger partial charge on any atom is 0.337 e. The van der Waals surface area contributed by atoms with Gasteiger partial charge in [-0.2, -0.15) is 0 Å². The second kappa shape index (κ2) is 3.83. The summed E-state index contributed by atoms with van der Waals surface area (Å²) in [5.74, 6) is -0.914. The summed E-state index contributed by atoms with van der Waals surface area (Å²) in [7, 11) is 0. The summed E-state index contributed by atoms with van der Waals surface area (Å²) < 4.78 is 2.15. The Morgan fingerprint density at radius 3 is 2.78 bits per heavy atom. The SMILES string of the molecule is CC1(n2cnc3c(C(=O)O)cccc32)CCCC1. The maximum absolute atomic E-state index is 11.2. The van der Waals surface area contributed by atoms with E-state index in [0.29, 0.717) is 5.52 Å². The van der Waals surface area contributed by atoms with Crippen molar-refractivity contribution in [1.29, 1.82) is 0 Å². The lowest BCUT2D eigenvalue weighted by atomic mass is 10.00. The van der Waals surface area contributed by atoms with E-state index in [9.17, 15) is 9.90 Å². The molecule has 1 aliphatic carbocycles. The molecule has 1 aromatic carbocycles. The number of benzene rings is 1. The van der Waals surface area contributed by atoms with Crippen molar-refractivity contribution in [2.45, 2.75) is 38.1 Å². The molecule has 0 atom stereocenters. The zero-order valence-electron chi connectivity index (χ0n) is 10.4. The molecule has 18 heavy (non-hydrogen) atoms. The van der Waals surface area contributed by atoms with Crippen LogP contribution in [0.1, 0.15) is 43.0 Å². The van der Waals surface area contributed by atoms with Crippen molar-refractivity contribution in [3.63, 3.8) is 0 Å². The van der Waals surface area contributed by atoms with Gasteiger partial charge in [-0.15, -0.1) is 0 Å². The van der Waals surface area contributed by atoms with E-state index in [1.807, 2.05) is 6.07 Å². The minimum Gasteiger partial charge on any atom is -0.478 e. The van der Waals surface area contributed by atoms with E-state index in [1.54, 1.807) is 18.5 Å². The Balaban J connectivity index is 2.21. The number of rotatable bonds is 2. The Bertz CT molecular complexity index is 609. The van der Waals surface area contributed by atoms with Gasteiger partial charge in [-0.1, -0.05) is 18.9 Å². The lowest BCUT2D eigenvalue weighted by Gasteiger charge is -2.26. The van der Waals surface area contributed by atoms with Crippen LogP contribution >= 0.6 is 0 Å². The summed E-state index contributed by atoms with van der Waals surface area (Å²) in [6, 6.07) is 5.36. The first-order valence-electron chi connectivity index (χ1n) is 6.32. The van der Waals surface area contributed by atoms with Gasteiger partial charge in [0, 0.05) is 5.54 Å². The Labute approximate surface area is 105 Å². The van der Waals surface area contributed by atoms with Gasteiger partial charge in [0.25, 0.3) is 0 Å². The van der Waals surface area contributed by atoms with Crippen molar-refractivity contribution in [3.05, 3.63) is 30.1 Å². The largest absolute Gasteiger partial charge is 0.478 e. The van der Waals surface area contributed by atoms with Gasteiger partial charge in [-0.3, -0.25) is 0 Å². The number of carboxylic acid groups (broad SMARTS) is 1. The highest BCUT2D eigenvalue weighted by Crippen LogP contribution is 2.38. The van der Waals surface area contributed by atoms with Crippen molar-refractivity contribution in [3.8, 4) is 0 Å². The van der Waals surface area contributed by atoms with E-state index < -0.39 is 5.97 Å². The number of para-hydroxylation sites is 1. The third-order valence-electron chi connectivity index (χ3n) is 4.07. The normalized spacial score (nSPS) is 18.3. The molecule has 94 valence electrons. The predicted molar refractivity (Wildman–Crippen MR) is 68.8 cm³/mol. The van der Waals surface area contributed by atoms with Gasteiger partial charge in [-0.25, -0.2) is 9.78 Å². The Morgan fingerprint density at radius 1 is 1.39 bits per heavy atom. The number of imidazole rings is 1. The third kappa shape index (κ3) is 1.52. The molecule has 1 fully saturated rings. The van der Waals surface area contributed by atoms with Crippen LogP contribution in [0.3, 0.4) is 0 Å². The van der Waals surface area contributed by atoms with Crippen LogP contribution in [0.2, 0.25) is 0 Å². The minimum absolute atomic E-state index is 0.0892. The van der Waals surface area contributed by atoms with Crippen molar-refractivity contribution in [2.75, 3.05) is 0 Å². The fraction of sp³-hybridized carbons (Fsp3) is 0.429. The first kappa shape index (κ1) is 11.3. The molecule has 1 saturated carbocycles. The number of hydrogen-bond donors (Lipinski definition) is 1. The third-order valence-corrected chi connectivity index (χ3v) is 4.07. The number of fused-ring (bicyclic) bond motifs is 1. The zero-order chi connectivity index (χ0) is 12.8. The summed E-state index contributed by atoms with van der Waals surface area (Å²) >= 11 is 0. The van der Waals surface area contributed by atoms with Crippen LogP contribution in [0.25, 0.3) is 11.0 Å². The molecule has 0 aliphatic heterocycles. The number of nitrogens with zero attached hydrogens (tertiary/aromatic N) is 2. The molecule has 0 radical (unpaired) electrons. The molecule has 1 aromatic heterocycles. The van der Waals surface area contributed by atoms with Crippen molar-refractivity contribution in [1.82, 2.24) is 9.55 Å². The predicted octanol–water partition coefficient (Wildman–Crippen LogP) is 3.02. The monoisotopic (exact) mass is 244 g/mol. The van der Waals surface area contributed by atoms with Crippen molar-refractivity contribution < 1.29 is 9.90 Å². The minimum atomic E-state index is -0.914. The quantitative estimate of drug-likeness (QED) is 0.883. The molecule has 0 spiro atoms. The Kier molecular flexibility index (Phi) is 2.40. The molecule has 4 nitrogen and oxygen atoms in total. The van der Waals surface area contributed by atoms with Gasteiger partial charge in [0.2, 0.25) is 0 Å². The van der Waals surface area contributed by atoms with Gasteiger partial charge < -0.3 is 9.67 Å². The van der Waals surface area contributed by atoms with E-state index >= 15 is 0 Å². The Morgan fingerprint density at radius 2 is 2.11 bits per heavy atom. The molecular weight excluding hydrogens is 228 g/mol. The summed E-state index contributed by atoms with van der Waals surface area (Å²) in [6.07, 6.45) is 6.53. The van der Waals surface area contributed by atoms with Gasteiger partial charge in [-0.05, 0) is 31.9 Å². The van der Waals surface area contributed by atoms with Crippen LogP contribution in [0, 0.1) is 0 Å². The van der Waals surface area contributed by atoms with Crippen LogP contribution in [0.5, 0.6) is 0 Å². The van der Waals surface area contributed by atoms with Crippen molar-refractivity contribution >= 4 is 17.0 Å². The van der Waals surface area contributed by atoms with Crippen molar-refractivity contribution in [2.24, 2.45) is 0 Å². The number of hydrogen-bond acceptors (Lipinski definition) is 2. The number of aromatic nitrogens is 2. The highest BCUT2D eigenvalue weighted by Gasteiger charge is 2.31. The molecule has 3 rings (SSSR count). The molecule has 0 amide bonds. The topological polar surface area (TPSA) is 55.1 Å². The van der Waals surface area contributed by atoms with Crippen LogP contribution in [-0.2, 0) is 5.54 Å². The highest BCUT2D eigenvalue weighted by atomic mass is 16.4. The van der Waals surface area contributed by atoms with Gasteiger partial charge in [0.05, 0.1) is 17.4 Å². The van der Waals surface area contributed by atoms with E-state index in [4.69, 9.17) is 0 Å². The van der Waals surface area contributed by atoms with Crippen LogP contribution < -0.4 is 0 Å². The van der Waals surface area contributed by atoms with E-state index in [1.165, 1.54) is 12.8 Å². The summed E-state index contributed by atoms with van der Waals surface area (Å²) in [6.45, 7) is 2.23. The average molecular weight is 244 g/mol. The molecule has 1 aliphatic rings. The highest BCUT2D eigenvalue weighted by molar-refractivity contribution is 6.00. The first-order valence-corrected chi connectivity index (χ1v) is 6.32. The molecule has 1 heterocycles. The zero-order valence-corrected chi connectivity index (χ0v) is 10.4. The van der Waals surface area contributed by atoms with E-state index in [2.05, 4.69) is 16.5 Å². The second-order valence-corrected chi connectivity index (χ2v) is 5.30. The summed E-state index contributed by atoms with van der Waals surface area (Å²) in [5, 5.41) is 9.17. The van der Waals surface area contributed by atoms with E-state index in [0.717, 1.165) is 18.4 Å².